The predicted molar refractivity (Wildman–Crippen MR) is 96.7 cm³/mol. The smallest absolute Gasteiger partial charge is 0.171 e. The van der Waals surface area contributed by atoms with Crippen LogP contribution >= 0.6 is 12.2 Å². The Morgan fingerprint density at radius 2 is 1.55 bits per heavy atom. The van der Waals surface area contributed by atoms with E-state index in [-0.39, 0.29) is 6.04 Å². The first-order chi connectivity index (χ1) is 10.5. The lowest BCUT2D eigenvalue weighted by molar-refractivity contribution is 0.287. The molecular weight excluding hydrogens is 292 g/mol. The summed E-state index contributed by atoms with van der Waals surface area (Å²) >= 11 is 5.32. The number of ether oxygens (including phenoxy) is 1. The van der Waals surface area contributed by atoms with Gasteiger partial charge in [-0.25, -0.2) is 0 Å². The number of nitrogens with one attached hydrogen (secondary N) is 2. The zero-order valence-electron chi connectivity index (χ0n) is 13.2. The maximum absolute atomic E-state index is 5.74. The largest absolute Gasteiger partial charge is 0.491 e. The zero-order valence-corrected chi connectivity index (χ0v) is 14.0. The highest BCUT2D eigenvalue weighted by Gasteiger charge is 2.05. The van der Waals surface area contributed by atoms with Crippen molar-refractivity contribution in [1.29, 1.82) is 0 Å². The van der Waals surface area contributed by atoms with Gasteiger partial charge in [-0.2, -0.15) is 0 Å². The van der Waals surface area contributed by atoms with Crippen LogP contribution in [0.25, 0.3) is 0 Å². The minimum Gasteiger partial charge on any atom is -0.491 e. The van der Waals surface area contributed by atoms with Crippen molar-refractivity contribution in [2.24, 2.45) is 0 Å². The molecule has 0 saturated carbocycles. The zero-order chi connectivity index (χ0) is 15.9. The normalized spacial score (nSPS) is 11.6. The molecule has 1 atom stereocenters. The molecule has 3 nitrogen and oxygen atoms in total. The predicted octanol–water partition coefficient (Wildman–Crippen LogP) is 4.06. The van der Waals surface area contributed by atoms with E-state index in [0.29, 0.717) is 11.7 Å². The average Bonchev–Trinajstić information content (AvgIpc) is 2.49. The van der Waals surface area contributed by atoms with Crippen LogP contribution in [0.15, 0.2) is 48.5 Å². The van der Waals surface area contributed by atoms with Gasteiger partial charge in [0.25, 0.3) is 0 Å². The van der Waals surface area contributed by atoms with Crippen molar-refractivity contribution in [2.75, 3.05) is 11.9 Å². The molecule has 116 valence electrons. The van der Waals surface area contributed by atoms with Gasteiger partial charge in [0.1, 0.15) is 12.4 Å². The second kappa shape index (κ2) is 7.80. The van der Waals surface area contributed by atoms with E-state index in [9.17, 15) is 0 Å². The molecule has 0 radical (unpaired) electrons. The van der Waals surface area contributed by atoms with Gasteiger partial charge in [-0.3, -0.25) is 0 Å². The topological polar surface area (TPSA) is 33.3 Å². The van der Waals surface area contributed by atoms with E-state index in [1.54, 1.807) is 0 Å². The van der Waals surface area contributed by atoms with Crippen LogP contribution in [0.2, 0.25) is 0 Å². The van der Waals surface area contributed by atoms with Gasteiger partial charge < -0.3 is 15.4 Å². The highest BCUT2D eigenvalue weighted by molar-refractivity contribution is 7.80. The van der Waals surface area contributed by atoms with Gasteiger partial charge in [0.15, 0.2) is 5.11 Å². The molecule has 0 aliphatic rings. The van der Waals surface area contributed by atoms with E-state index in [2.05, 4.69) is 36.6 Å². The van der Waals surface area contributed by atoms with Crippen molar-refractivity contribution >= 4 is 23.0 Å². The Morgan fingerprint density at radius 3 is 2.14 bits per heavy atom. The fourth-order valence-electron chi connectivity index (χ4n) is 1.93. The summed E-state index contributed by atoms with van der Waals surface area (Å²) in [6, 6.07) is 16.3. The maximum Gasteiger partial charge on any atom is 0.171 e. The quantitative estimate of drug-likeness (QED) is 0.816. The van der Waals surface area contributed by atoms with Gasteiger partial charge in [0.2, 0.25) is 0 Å². The Morgan fingerprint density at radius 1 is 1.00 bits per heavy atom. The Balaban J connectivity index is 1.76. The Hall–Kier alpha value is -2.07. The summed E-state index contributed by atoms with van der Waals surface area (Å²) in [4.78, 5) is 0. The van der Waals surface area contributed by atoms with Crippen molar-refractivity contribution in [1.82, 2.24) is 5.32 Å². The molecule has 0 amide bonds. The molecule has 0 fully saturated rings. The Bertz CT molecular complexity index is 608. The van der Waals surface area contributed by atoms with Crippen LogP contribution in [0.4, 0.5) is 5.69 Å². The van der Waals surface area contributed by atoms with E-state index < -0.39 is 0 Å². The molecule has 0 unspecified atom stereocenters. The summed E-state index contributed by atoms with van der Waals surface area (Å²) < 4.78 is 5.74. The summed E-state index contributed by atoms with van der Waals surface area (Å²) in [5.74, 6) is 0.872. The lowest BCUT2D eigenvalue weighted by Gasteiger charge is -2.17. The van der Waals surface area contributed by atoms with Gasteiger partial charge in [-0.1, -0.05) is 35.4 Å². The van der Waals surface area contributed by atoms with E-state index in [0.717, 1.165) is 11.4 Å². The van der Waals surface area contributed by atoms with Crippen molar-refractivity contribution in [3.63, 3.8) is 0 Å². The fraction of sp³-hybridized carbons (Fsp3) is 0.278. The molecule has 0 aliphatic carbocycles. The molecule has 0 aromatic heterocycles. The summed E-state index contributed by atoms with van der Waals surface area (Å²) in [7, 11) is 0. The molecule has 4 heteroatoms. The van der Waals surface area contributed by atoms with Crippen LogP contribution in [0.3, 0.4) is 0 Å². The number of anilines is 1. The van der Waals surface area contributed by atoms with Crippen LogP contribution in [0, 0.1) is 13.8 Å². The SMILES string of the molecule is Cc1ccc(NC(=S)N[C@H](C)COc2ccc(C)cc2)cc1. The van der Waals surface area contributed by atoms with Crippen molar-refractivity contribution in [3.05, 3.63) is 59.7 Å². The summed E-state index contributed by atoms with van der Waals surface area (Å²) in [6.45, 7) is 6.71. The molecule has 0 heterocycles. The third-order valence-corrected chi connectivity index (χ3v) is 3.43. The van der Waals surface area contributed by atoms with Crippen LogP contribution in [-0.4, -0.2) is 17.8 Å². The summed E-state index contributed by atoms with van der Waals surface area (Å²) in [6.07, 6.45) is 0. The lowest BCUT2D eigenvalue weighted by atomic mass is 10.2. The second-order valence-electron chi connectivity index (χ2n) is 5.49. The van der Waals surface area contributed by atoms with Crippen molar-refractivity contribution < 1.29 is 4.74 Å². The molecule has 2 rings (SSSR count). The van der Waals surface area contributed by atoms with Crippen molar-refractivity contribution in [3.8, 4) is 5.75 Å². The average molecular weight is 314 g/mol. The molecule has 0 aliphatic heterocycles. The van der Waals surface area contributed by atoms with E-state index >= 15 is 0 Å². The van der Waals surface area contributed by atoms with Gasteiger partial charge in [0.05, 0.1) is 6.04 Å². The Kier molecular flexibility index (Phi) is 5.78. The highest BCUT2D eigenvalue weighted by Crippen LogP contribution is 2.12. The third-order valence-electron chi connectivity index (χ3n) is 3.21. The molecular formula is C18H22N2OS. The monoisotopic (exact) mass is 314 g/mol. The number of aryl methyl sites for hydroxylation is 2. The molecule has 2 N–H and O–H groups in total. The molecule has 0 spiro atoms. The lowest BCUT2D eigenvalue weighted by Crippen LogP contribution is -2.39. The van der Waals surface area contributed by atoms with E-state index in [1.165, 1.54) is 11.1 Å². The van der Waals surface area contributed by atoms with Crippen LogP contribution in [0.5, 0.6) is 5.75 Å². The van der Waals surface area contributed by atoms with E-state index in [1.807, 2.05) is 43.3 Å². The number of rotatable bonds is 5. The number of hydrogen-bond donors (Lipinski definition) is 2. The molecule has 2 aromatic rings. The first kappa shape index (κ1) is 16.3. The molecule has 2 aromatic carbocycles. The fourth-order valence-corrected chi connectivity index (χ4v) is 2.24. The summed E-state index contributed by atoms with van der Waals surface area (Å²) in [5, 5.41) is 6.99. The minimum atomic E-state index is 0.117. The van der Waals surface area contributed by atoms with Gasteiger partial charge in [-0.05, 0) is 57.3 Å². The standard InChI is InChI=1S/C18H22N2OS/c1-13-4-8-16(9-5-13)20-18(22)19-15(3)12-21-17-10-6-14(2)7-11-17/h4-11,15H,12H2,1-3H3,(H2,19,20,22)/t15-/m1/s1. The minimum absolute atomic E-state index is 0.117. The highest BCUT2D eigenvalue weighted by atomic mass is 32.1. The second-order valence-corrected chi connectivity index (χ2v) is 5.90. The van der Waals surface area contributed by atoms with E-state index in [4.69, 9.17) is 17.0 Å². The first-order valence-corrected chi connectivity index (χ1v) is 7.77. The van der Waals surface area contributed by atoms with Gasteiger partial charge in [0, 0.05) is 5.69 Å². The van der Waals surface area contributed by atoms with Crippen LogP contribution in [-0.2, 0) is 0 Å². The first-order valence-electron chi connectivity index (χ1n) is 7.36. The maximum atomic E-state index is 5.74. The Labute approximate surface area is 137 Å². The van der Waals surface area contributed by atoms with Gasteiger partial charge >= 0.3 is 0 Å². The molecule has 0 bridgehead atoms. The van der Waals surface area contributed by atoms with Gasteiger partial charge in [-0.15, -0.1) is 0 Å². The number of benzene rings is 2. The van der Waals surface area contributed by atoms with Crippen LogP contribution in [0.1, 0.15) is 18.1 Å². The third kappa shape index (κ3) is 5.37. The number of hydrogen-bond acceptors (Lipinski definition) is 2. The summed E-state index contributed by atoms with van der Waals surface area (Å²) in [5.41, 5.74) is 3.43. The van der Waals surface area contributed by atoms with Crippen molar-refractivity contribution in [2.45, 2.75) is 26.8 Å². The van der Waals surface area contributed by atoms with Crippen LogP contribution < -0.4 is 15.4 Å². The molecule has 0 saturated heterocycles. The number of thiocarbonyl (C=S) groups is 1. The molecule has 22 heavy (non-hydrogen) atoms.